The molecule has 8 heteroatoms. The van der Waals surface area contributed by atoms with Crippen LogP contribution in [-0.2, 0) is 19.4 Å². The smallest absolute Gasteiger partial charge is 0.269 e. The van der Waals surface area contributed by atoms with E-state index < -0.39 is 0 Å². The van der Waals surface area contributed by atoms with E-state index in [4.69, 9.17) is 0 Å². The monoisotopic (exact) mass is 384 g/mol. The molecule has 2 aromatic heterocycles. The Morgan fingerprint density at radius 3 is 2.96 bits per heavy atom. The number of carbonyl (C=O) groups is 1. The van der Waals surface area contributed by atoms with Crippen molar-refractivity contribution in [3.05, 3.63) is 45.9 Å². The van der Waals surface area contributed by atoms with E-state index in [-0.39, 0.29) is 17.5 Å². The summed E-state index contributed by atoms with van der Waals surface area (Å²) in [4.78, 5) is 33.7. The maximum atomic E-state index is 12.4. The number of hydrogen-bond donors (Lipinski definition) is 2. The van der Waals surface area contributed by atoms with Crippen LogP contribution in [-0.4, -0.2) is 56.2 Å². The van der Waals surface area contributed by atoms with Crippen molar-refractivity contribution >= 4 is 5.91 Å². The lowest BCUT2D eigenvalue weighted by Gasteiger charge is -2.35. The topological polar surface area (TPSA) is 95.9 Å². The van der Waals surface area contributed by atoms with E-state index >= 15 is 0 Å². The number of aromatic nitrogens is 4. The molecule has 1 atom stereocenters. The highest BCUT2D eigenvalue weighted by Gasteiger charge is 2.23. The van der Waals surface area contributed by atoms with Crippen LogP contribution in [0.1, 0.15) is 53.8 Å². The molecule has 4 rings (SSSR count). The highest BCUT2D eigenvalue weighted by atomic mass is 16.2. The van der Waals surface area contributed by atoms with Gasteiger partial charge in [-0.15, -0.1) is 0 Å². The summed E-state index contributed by atoms with van der Waals surface area (Å²) in [5.74, 6) is -0.129. The number of likely N-dealkylation sites (tertiary alicyclic amines) is 1. The summed E-state index contributed by atoms with van der Waals surface area (Å²) >= 11 is 0. The fourth-order valence-electron chi connectivity index (χ4n) is 4.26. The molecule has 1 aliphatic carbocycles. The predicted molar refractivity (Wildman–Crippen MR) is 105 cm³/mol. The Morgan fingerprint density at radius 1 is 1.21 bits per heavy atom. The Kier molecular flexibility index (Phi) is 5.85. The highest BCUT2D eigenvalue weighted by Crippen LogP contribution is 2.18. The molecule has 0 bridgehead atoms. The van der Waals surface area contributed by atoms with E-state index in [0.717, 1.165) is 69.3 Å². The number of amides is 1. The van der Waals surface area contributed by atoms with E-state index in [9.17, 15) is 9.59 Å². The van der Waals surface area contributed by atoms with Crippen molar-refractivity contribution in [3.8, 4) is 0 Å². The van der Waals surface area contributed by atoms with Gasteiger partial charge in [0, 0.05) is 25.2 Å². The molecule has 28 heavy (non-hydrogen) atoms. The van der Waals surface area contributed by atoms with Crippen molar-refractivity contribution in [1.82, 2.24) is 30.0 Å². The van der Waals surface area contributed by atoms with E-state index in [1.165, 1.54) is 12.5 Å². The van der Waals surface area contributed by atoms with Gasteiger partial charge in [0.15, 0.2) is 0 Å². The van der Waals surface area contributed by atoms with Gasteiger partial charge in [0.2, 0.25) is 0 Å². The summed E-state index contributed by atoms with van der Waals surface area (Å²) in [7, 11) is 0. The average molecular weight is 384 g/mol. The second-order valence-electron chi connectivity index (χ2n) is 7.75. The third-order valence-corrected chi connectivity index (χ3v) is 5.86. The van der Waals surface area contributed by atoms with Crippen LogP contribution < -0.4 is 10.9 Å². The van der Waals surface area contributed by atoms with Crippen molar-refractivity contribution in [2.45, 2.75) is 57.5 Å². The second kappa shape index (κ2) is 8.68. The second-order valence-corrected chi connectivity index (χ2v) is 7.75. The van der Waals surface area contributed by atoms with Crippen LogP contribution in [0.5, 0.6) is 0 Å². The Bertz CT molecular complexity index is 860. The first-order chi connectivity index (χ1) is 13.7. The fraction of sp³-hybridized carbons (Fsp3) is 0.600. The number of piperidine rings is 1. The first-order valence-corrected chi connectivity index (χ1v) is 10.3. The molecule has 2 aliphatic rings. The Hall–Kier alpha value is -2.48. The average Bonchev–Trinajstić information content (AvgIpc) is 3.26. The molecule has 1 saturated heterocycles. The summed E-state index contributed by atoms with van der Waals surface area (Å²) in [6.07, 6.45) is 10.7. The van der Waals surface area contributed by atoms with Crippen molar-refractivity contribution in [2.75, 3.05) is 19.6 Å². The van der Waals surface area contributed by atoms with Crippen LogP contribution in [0.3, 0.4) is 0 Å². The minimum absolute atomic E-state index is 0.00163. The lowest BCUT2D eigenvalue weighted by Crippen LogP contribution is -2.48. The number of H-pyrrole nitrogens is 1. The van der Waals surface area contributed by atoms with Crippen LogP contribution >= 0.6 is 0 Å². The number of hydrogen-bond acceptors (Lipinski definition) is 5. The van der Waals surface area contributed by atoms with Gasteiger partial charge in [0.25, 0.3) is 11.5 Å². The maximum Gasteiger partial charge on any atom is 0.269 e. The molecular weight excluding hydrogens is 356 g/mol. The SMILES string of the molecule is O=C(NCC1CCCCN1CCn1nc2c(cc1=O)CCCC2)c1cnc[nH]1. The molecular formula is C20H28N6O2. The molecule has 150 valence electrons. The highest BCUT2D eigenvalue weighted by molar-refractivity contribution is 5.91. The molecule has 0 aromatic carbocycles. The van der Waals surface area contributed by atoms with Gasteiger partial charge in [-0.3, -0.25) is 14.5 Å². The van der Waals surface area contributed by atoms with Gasteiger partial charge in [-0.05, 0) is 50.6 Å². The first-order valence-electron chi connectivity index (χ1n) is 10.3. The molecule has 0 spiro atoms. The summed E-state index contributed by atoms with van der Waals surface area (Å²) in [5.41, 5.74) is 2.70. The standard InChI is InChI=1S/C20H28N6O2/c27-19-11-15-5-1-2-7-17(15)24-26(19)10-9-25-8-4-3-6-16(25)12-22-20(28)18-13-21-14-23-18/h11,13-14,16H,1-10,12H2,(H,21,23)(H,22,28). The zero-order valence-electron chi connectivity index (χ0n) is 16.2. The van der Waals surface area contributed by atoms with Crippen LogP contribution in [0.25, 0.3) is 0 Å². The molecule has 1 amide bonds. The Balaban J connectivity index is 1.36. The van der Waals surface area contributed by atoms with Crippen LogP contribution in [0.4, 0.5) is 0 Å². The summed E-state index contributed by atoms with van der Waals surface area (Å²) < 4.78 is 1.62. The molecule has 3 heterocycles. The molecule has 2 aromatic rings. The maximum absolute atomic E-state index is 12.4. The number of carbonyl (C=O) groups excluding carboxylic acids is 1. The molecule has 8 nitrogen and oxygen atoms in total. The molecule has 1 fully saturated rings. The number of fused-ring (bicyclic) bond motifs is 1. The lowest BCUT2D eigenvalue weighted by molar-refractivity contribution is 0.0905. The van der Waals surface area contributed by atoms with E-state index in [1.807, 2.05) is 0 Å². The molecule has 1 aliphatic heterocycles. The van der Waals surface area contributed by atoms with Crippen molar-refractivity contribution in [1.29, 1.82) is 0 Å². The number of nitrogens with zero attached hydrogens (tertiary/aromatic N) is 4. The van der Waals surface area contributed by atoms with Crippen LogP contribution in [0.2, 0.25) is 0 Å². The predicted octanol–water partition coefficient (Wildman–Crippen LogP) is 1.13. The number of aromatic amines is 1. The molecule has 0 saturated carbocycles. The summed E-state index contributed by atoms with van der Waals surface area (Å²) in [6, 6.07) is 2.06. The van der Waals surface area contributed by atoms with Crippen molar-refractivity contribution in [3.63, 3.8) is 0 Å². The quantitative estimate of drug-likeness (QED) is 0.778. The zero-order chi connectivity index (χ0) is 19.3. The summed E-state index contributed by atoms with van der Waals surface area (Å²) in [6.45, 7) is 2.96. The first kappa shape index (κ1) is 18.9. The minimum atomic E-state index is -0.129. The number of nitrogens with one attached hydrogen (secondary N) is 2. The van der Waals surface area contributed by atoms with Gasteiger partial charge in [-0.25, -0.2) is 9.67 Å². The normalized spacial score (nSPS) is 19.9. The van der Waals surface area contributed by atoms with Crippen LogP contribution in [0.15, 0.2) is 23.4 Å². The largest absolute Gasteiger partial charge is 0.349 e. The fourth-order valence-corrected chi connectivity index (χ4v) is 4.26. The lowest BCUT2D eigenvalue weighted by atomic mass is 9.97. The number of aryl methyl sites for hydroxylation is 2. The molecule has 1 unspecified atom stereocenters. The van der Waals surface area contributed by atoms with Gasteiger partial charge < -0.3 is 10.3 Å². The Morgan fingerprint density at radius 2 is 2.11 bits per heavy atom. The number of rotatable bonds is 6. The van der Waals surface area contributed by atoms with Crippen molar-refractivity contribution in [2.24, 2.45) is 0 Å². The molecule has 0 radical (unpaired) electrons. The van der Waals surface area contributed by atoms with E-state index in [0.29, 0.717) is 18.8 Å². The van der Waals surface area contributed by atoms with Gasteiger partial charge >= 0.3 is 0 Å². The molecule has 2 N–H and O–H groups in total. The zero-order valence-corrected chi connectivity index (χ0v) is 16.2. The van der Waals surface area contributed by atoms with E-state index in [2.05, 4.69) is 25.3 Å². The van der Waals surface area contributed by atoms with Crippen LogP contribution in [0, 0.1) is 0 Å². The van der Waals surface area contributed by atoms with E-state index in [1.54, 1.807) is 10.7 Å². The van der Waals surface area contributed by atoms with Gasteiger partial charge in [0.05, 0.1) is 24.8 Å². The van der Waals surface area contributed by atoms with Crippen molar-refractivity contribution < 1.29 is 4.79 Å². The number of imidazole rings is 1. The third-order valence-electron chi connectivity index (χ3n) is 5.86. The van der Waals surface area contributed by atoms with Gasteiger partial charge in [0.1, 0.15) is 5.69 Å². The summed E-state index contributed by atoms with van der Waals surface area (Å²) in [5, 5.41) is 7.63. The minimum Gasteiger partial charge on any atom is -0.349 e. The Labute approximate surface area is 164 Å². The third kappa shape index (κ3) is 4.32. The van der Waals surface area contributed by atoms with Gasteiger partial charge in [-0.2, -0.15) is 5.10 Å². The van der Waals surface area contributed by atoms with Gasteiger partial charge in [-0.1, -0.05) is 6.42 Å².